The van der Waals surface area contributed by atoms with Crippen LogP contribution in [0.5, 0.6) is 5.75 Å². The van der Waals surface area contributed by atoms with Gasteiger partial charge in [-0.3, -0.25) is 0 Å². The summed E-state index contributed by atoms with van der Waals surface area (Å²) in [5.74, 6) is 0.0464. The van der Waals surface area contributed by atoms with E-state index >= 15 is 0 Å². The molecule has 0 atom stereocenters. The van der Waals surface area contributed by atoms with Crippen LogP contribution in [0, 0.1) is 24.0 Å². The van der Waals surface area contributed by atoms with Crippen molar-refractivity contribution in [1.82, 2.24) is 9.97 Å². The average Bonchev–Trinajstić information content (AvgIpc) is 2.49. The molecule has 0 radical (unpaired) electrons. The lowest BCUT2D eigenvalue weighted by atomic mass is 10.1. The van der Waals surface area contributed by atoms with Gasteiger partial charge in [-0.2, -0.15) is 4.39 Å². The summed E-state index contributed by atoms with van der Waals surface area (Å²) in [6.45, 7) is 3.52. The van der Waals surface area contributed by atoms with E-state index in [2.05, 4.69) is 22.5 Å². The Bertz CT molecular complexity index is 676. The van der Waals surface area contributed by atoms with Crippen LogP contribution < -0.4 is 4.74 Å². The molecule has 100 valence electrons. The van der Waals surface area contributed by atoms with Gasteiger partial charge in [-0.05, 0) is 12.1 Å². The highest BCUT2D eigenvalue weighted by atomic mass is 19.2. The molecule has 0 unspecified atom stereocenters. The van der Waals surface area contributed by atoms with Gasteiger partial charge in [-0.1, -0.05) is 18.6 Å². The summed E-state index contributed by atoms with van der Waals surface area (Å²) in [7, 11) is 0. The zero-order valence-electron chi connectivity index (χ0n) is 10.4. The quantitative estimate of drug-likeness (QED) is 0.634. The van der Waals surface area contributed by atoms with Crippen molar-refractivity contribution in [1.29, 1.82) is 0 Å². The molecule has 0 aliphatic carbocycles. The second-order valence-electron chi connectivity index (χ2n) is 3.78. The van der Waals surface area contributed by atoms with E-state index < -0.39 is 11.6 Å². The fourth-order valence-electron chi connectivity index (χ4n) is 1.51. The smallest absolute Gasteiger partial charge is 0.201 e. The Balaban J connectivity index is 2.40. The third kappa shape index (κ3) is 2.64. The van der Waals surface area contributed by atoms with E-state index in [1.54, 1.807) is 0 Å². The van der Waals surface area contributed by atoms with Crippen LogP contribution >= 0.6 is 0 Å². The first-order valence-electron chi connectivity index (χ1n) is 5.68. The number of hydrogen-bond donors (Lipinski definition) is 0. The van der Waals surface area contributed by atoms with Gasteiger partial charge < -0.3 is 4.74 Å². The van der Waals surface area contributed by atoms with Crippen LogP contribution in [-0.2, 0) is 0 Å². The first-order valence-corrected chi connectivity index (χ1v) is 5.68. The molecule has 1 heterocycles. The van der Waals surface area contributed by atoms with E-state index in [-0.39, 0.29) is 23.7 Å². The van der Waals surface area contributed by atoms with E-state index in [1.807, 2.05) is 0 Å². The lowest BCUT2D eigenvalue weighted by Gasteiger charge is -2.08. The zero-order valence-corrected chi connectivity index (χ0v) is 10.4. The average molecular weight is 272 g/mol. The Kier molecular flexibility index (Phi) is 4.06. The van der Waals surface area contributed by atoms with E-state index in [0.717, 1.165) is 0 Å². The van der Waals surface area contributed by atoms with Crippen molar-refractivity contribution < 1.29 is 13.5 Å². The molecule has 0 bridgehead atoms. The summed E-state index contributed by atoms with van der Waals surface area (Å²) in [6.07, 6.45) is 9.33. The molecule has 2 aromatic rings. The van der Waals surface area contributed by atoms with Gasteiger partial charge in [0.25, 0.3) is 0 Å². The third-order valence-electron chi connectivity index (χ3n) is 2.46. The monoisotopic (exact) mass is 272 g/mol. The van der Waals surface area contributed by atoms with Crippen molar-refractivity contribution in [3.63, 3.8) is 0 Å². The number of rotatable bonds is 4. The maximum Gasteiger partial charge on any atom is 0.201 e. The standard InChI is InChI=1S/C15H10F2N2O/c1-3-7-20-12-6-5-11(13(16)14(12)17)15-18-8-10(4-2)9-19-15/h2-3,5-6,8-9H,1,7H2. The van der Waals surface area contributed by atoms with Gasteiger partial charge in [0.1, 0.15) is 6.61 Å². The van der Waals surface area contributed by atoms with Crippen molar-refractivity contribution in [2.24, 2.45) is 0 Å². The highest BCUT2D eigenvalue weighted by Crippen LogP contribution is 2.27. The van der Waals surface area contributed by atoms with Gasteiger partial charge >= 0.3 is 0 Å². The van der Waals surface area contributed by atoms with E-state index in [1.165, 1.54) is 30.6 Å². The summed E-state index contributed by atoms with van der Waals surface area (Å²) in [4.78, 5) is 7.79. The molecule has 0 aliphatic rings. The van der Waals surface area contributed by atoms with Crippen LogP contribution in [0.4, 0.5) is 8.78 Å². The minimum Gasteiger partial charge on any atom is -0.486 e. The second kappa shape index (κ2) is 5.93. The van der Waals surface area contributed by atoms with Gasteiger partial charge in [0, 0.05) is 12.4 Å². The molecule has 0 amide bonds. The predicted octanol–water partition coefficient (Wildman–Crippen LogP) is 2.97. The normalized spacial score (nSPS) is 9.85. The van der Waals surface area contributed by atoms with Gasteiger partial charge in [0.2, 0.25) is 5.82 Å². The van der Waals surface area contributed by atoms with Gasteiger partial charge in [0.05, 0.1) is 11.1 Å². The Hall–Kier alpha value is -2.74. The van der Waals surface area contributed by atoms with Crippen molar-refractivity contribution in [3.8, 4) is 29.5 Å². The molecule has 20 heavy (non-hydrogen) atoms. The highest BCUT2D eigenvalue weighted by Gasteiger charge is 2.17. The lowest BCUT2D eigenvalue weighted by molar-refractivity contribution is 0.333. The summed E-state index contributed by atoms with van der Waals surface area (Å²) >= 11 is 0. The highest BCUT2D eigenvalue weighted by molar-refractivity contribution is 5.58. The SMILES string of the molecule is C#Cc1cnc(-c2ccc(OCC=C)c(F)c2F)nc1. The van der Waals surface area contributed by atoms with Crippen LogP contribution in [-0.4, -0.2) is 16.6 Å². The lowest BCUT2D eigenvalue weighted by Crippen LogP contribution is -2.00. The molecule has 1 aromatic heterocycles. The molecule has 3 nitrogen and oxygen atoms in total. The van der Waals surface area contributed by atoms with E-state index in [0.29, 0.717) is 5.56 Å². The van der Waals surface area contributed by atoms with Gasteiger partial charge in [-0.25, -0.2) is 14.4 Å². The van der Waals surface area contributed by atoms with E-state index in [4.69, 9.17) is 11.2 Å². The minimum absolute atomic E-state index is 0.0515. The number of nitrogens with zero attached hydrogens (tertiary/aromatic N) is 2. The van der Waals surface area contributed by atoms with Crippen LogP contribution in [0.1, 0.15) is 5.56 Å². The molecular weight excluding hydrogens is 262 g/mol. The maximum absolute atomic E-state index is 14.0. The van der Waals surface area contributed by atoms with Crippen molar-refractivity contribution in [2.45, 2.75) is 0 Å². The molecule has 5 heteroatoms. The number of halogens is 2. The molecule has 0 saturated heterocycles. The first kappa shape index (κ1) is 13.7. The zero-order chi connectivity index (χ0) is 14.5. The summed E-state index contributed by atoms with van der Waals surface area (Å²) in [6, 6.07) is 2.66. The Labute approximate surface area is 115 Å². The first-order chi connectivity index (χ1) is 9.67. The molecule has 0 saturated carbocycles. The minimum atomic E-state index is -1.09. The topological polar surface area (TPSA) is 35.0 Å². The predicted molar refractivity (Wildman–Crippen MR) is 71.0 cm³/mol. The largest absolute Gasteiger partial charge is 0.486 e. The molecule has 1 aromatic carbocycles. The van der Waals surface area contributed by atoms with Gasteiger partial charge in [-0.15, -0.1) is 6.42 Å². The van der Waals surface area contributed by atoms with Crippen molar-refractivity contribution in [2.75, 3.05) is 6.61 Å². The Morgan fingerprint density at radius 2 is 1.95 bits per heavy atom. The second-order valence-corrected chi connectivity index (χ2v) is 3.78. The number of aromatic nitrogens is 2. The van der Waals surface area contributed by atoms with Crippen molar-refractivity contribution >= 4 is 0 Å². The van der Waals surface area contributed by atoms with Crippen LogP contribution in [0.3, 0.4) is 0 Å². The number of terminal acetylenes is 1. The Morgan fingerprint density at radius 3 is 2.55 bits per heavy atom. The summed E-state index contributed by atoms with van der Waals surface area (Å²) in [5.41, 5.74) is 0.401. The summed E-state index contributed by atoms with van der Waals surface area (Å²) < 4.78 is 32.7. The molecule has 0 aliphatic heterocycles. The summed E-state index contributed by atoms with van der Waals surface area (Å²) in [5, 5.41) is 0. The number of benzene rings is 1. The number of hydrogen-bond acceptors (Lipinski definition) is 3. The molecular formula is C15H10F2N2O. The van der Waals surface area contributed by atoms with Crippen LogP contribution in [0.15, 0.2) is 37.2 Å². The van der Waals surface area contributed by atoms with E-state index in [9.17, 15) is 8.78 Å². The van der Waals surface area contributed by atoms with Crippen LogP contribution in [0.25, 0.3) is 11.4 Å². The molecule has 0 fully saturated rings. The fourth-order valence-corrected chi connectivity index (χ4v) is 1.51. The van der Waals surface area contributed by atoms with Crippen molar-refractivity contribution in [3.05, 3.63) is 54.4 Å². The van der Waals surface area contributed by atoms with Gasteiger partial charge in [0.15, 0.2) is 17.4 Å². The number of ether oxygens (including phenoxy) is 1. The Morgan fingerprint density at radius 1 is 1.25 bits per heavy atom. The molecule has 0 N–H and O–H groups in total. The van der Waals surface area contributed by atoms with Crippen LogP contribution in [0.2, 0.25) is 0 Å². The molecule has 0 spiro atoms. The fraction of sp³-hybridized carbons (Fsp3) is 0.0667. The maximum atomic E-state index is 14.0. The molecule has 2 rings (SSSR count). The third-order valence-corrected chi connectivity index (χ3v) is 2.46.